The van der Waals surface area contributed by atoms with Crippen molar-refractivity contribution in [2.24, 2.45) is 0 Å². The van der Waals surface area contributed by atoms with E-state index in [0.29, 0.717) is 5.02 Å². The van der Waals surface area contributed by atoms with E-state index in [1.54, 1.807) is 17.1 Å². The Balaban J connectivity index is 1.69. The quantitative estimate of drug-likeness (QED) is 0.577. The lowest BCUT2D eigenvalue weighted by Gasteiger charge is -2.34. The van der Waals surface area contributed by atoms with Crippen molar-refractivity contribution in [3.63, 3.8) is 0 Å². The van der Waals surface area contributed by atoms with Crippen LogP contribution in [-0.4, -0.2) is 11.0 Å². The second kappa shape index (κ2) is 6.18. The summed E-state index contributed by atoms with van der Waals surface area (Å²) in [6.07, 6.45) is 3.76. The fourth-order valence-electron chi connectivity index (χ4n) is 3.68. The average molecular weight is 374 g/mol. The van der Waals surface area contributed by atoms with Crippen LogP contribution in [-0.2, 0) is 0 Å². The third-order valence-electron chi connectivity index (χ3n) is 4.90. The third kappa shape index (κ3) is 2.49. The predicted octanol–water partition coefficient (Wildman–Crippen LogP) is 5.69. The Morgan fingerprint density at radius 2 is 1.48 bits per heavy atom. The molecule has 3 aromatic rings. The summed E-state index contributed by atoms with van der Waals surface area (Å²) in [6.45, 7) is 0. The minimum atomic E-state index is -0.239. The maximum absolute atomic E-state index is 13.5. The number of hydrogen-bond donors (Lipinski definition) is 0. The maximum Gasteiger partial charge on any atom is 0.350 e. The Bertz CT molecular complexity index is 1030. The van der Waals surface area contributed by atoms with Gasteiger partial charge in [-0.25, -0.2) is 9.80 Å². The molecule has 27 heavy (non-hydrogen) atoms. The lowest BCUT2D eigenvalue weighted by Crippen LogP contribution is -2.36. The molecule has 2 amide bonds. The number of rotatable bonds is 2. The molecule has 132 valence electrons. The summed E-state index contributed by atoms with van der Waals surface area (Å²) in [5.41, 5.74) is 3.84. The Labute approximate surface area is 162 Å². The number of amides is 2. The van der Waals surface area contributed by atoms with Crippen LogP contribution in [0.25, 0.3) is 6.08 Å². The molecule has 0 bridgehead atoms. The van der Waals surface area contributed by atoms with E-state index in [1.165, 1.54) is 0 Å². The van der Waals surface area contributed by atoms with Gasteiger partial charge in [-0.3, -0.25) is 9.91 Å². The molecule has 1 unspecified atom stereocenters. The van der Waals surface area contributed by atoms with E-state index >= 15 is 0 Å². The van der Waals surface area contributed by atoms with Crippen molar-refractivity contribution in [3.05, 3.63) is 101 Å². The van der Waals surface area contributed by atoms with Crippen LogP contribution in [0.2, 0.25) is 5.02 Å². The first-order valence-electron chi connectivity index (χ1n) is 8.73. The fraction of sp³-hybridized carbons (Fsp3) is 0.0455. The number of benzene rings is 3. The second-order valence-electron chi connectivity index (χ2n) is 6.47. The molecule has 1 saturated heterocycles. The molecule has 5 rings (SSSR count). The van der Waals surface area contributed by atoms with Crippen molar-refractivity contribution < 1.29 is 4.79 Å². The van der Waals surface area contributed by atoms with Crippen molar-refractivity contribution in [2.75, 3.05) is 9.91 Å². The van der Waals surface area contributed by atoms with Gasteiger partial charge in [-0.05, 0) is 48.0 Å². The smallest absolute Gasteiger partial charge is 0.265 e. The van der Waals surface area contributed by atoms with Crippen LogP contribution in [0.5, 0.6) is 0 Å². The standard InChI is InChI=1S/C22H16ClN3O/c23-17-10-12-19(13-11-17)26-22(27)25(18-7-2-1-3-8-18)21-20-9-5-4-6-16(20)14-15-24(21)26/h1-15,21H. The lowest BCUT2D eigenvalue weighted by atomic mass is 10.0. The highest BCUT2D eigenvalue weighted by Gasteiger charge is 2.46. The number of hydrogen-bond acceptors (Lipinski definition) is 2. The number of urea groups is 1. The number of nitrogens with zero attached hydrogens (tertiary/aromatic N) is 3. The molecule has 2 aliphatic rings. The molecule has 0 saturated carbocycles. The molecule has 1 fully saturated rings. The van der Waals surface area contributed by atoms with Gasteiger partial charge in [-0.2, -0.15) is 0 Å². The summed E-state index contributed by atoms with van der Waals surface area (Å²) < 4.78 is 0. The maximum atomic E-state index is 13.5. The van der Waals surface area contributed by atoms with Gasteiger partial charge >= 0.3 is 6.03 Å². The van der Waals surface area contributed by atoms with Crippen LogP contribution in [0, 0.1) is 0 Å². The summed E-state index contributed by atoms with van der Waals surface area (Å²) in [6, 6.07) is 25.2. The minimum absolute atomic E-state index is 0.102. The van der Waals surface area contributed by atoms with Gasteiger partial charge in [0.2, 0.25) is 0 Å². The van der Waals surface area contributed by atoms with Crippen LogP contribution >= 0.6 is 11.6 Å². The summed E-state index contributed by atoms with van der Waals surface area (Å²) in [5.74, 6) is 0. The summed E-state index contributed by atoms with van der Waals surface area (Å²) in [4.78, 5) is 15.3. The van der Waals surface area contributed by atoms with Gasteiger partial charge in [0, 0.05) is 22.5 Å². The molecule has 2 heterocycles. The highest BCUT2D eigenvalue weighted by atomic mass is 35.5. The SMILES string of the molecule is O=C1N(c2ccccc2)C2c3ccccc3C=CN2N1c1ccc(Cl)cc1. The highest BCUT2D eigenvalue weighted by molar-refractivity contribution is 6.30. The second-order valence-corrected chi connectivity index (χ2v) is 6.91. The number of fused-ring (bicyclic) bond motifs is 3. The number of carbonyl (C=O) groups is 1. The van der Waals surface area contributed by atoms with E-state index in [0.717, 1.165) is 22.5 Å². The number of hydrazine groups is 1. The van der Waals surface area contributed by atoms with Gasteiger partial charge in [0.15, 0.2) is 6.17 Å². The number of para-hydroxylation sites is 1. The van der Waals surface area contributed by atoms with Crippen LogP contribution < -0.4 is 9.91 Å². The van der Waals surface area contributed by atoms with Crippen LogP contribution in [0.3, 0.4) is 0 Å². The highest BCUT2D eigenvalue weighted by Crippen LogP contribution is 2.44. The number of carbonyl (C=O) groups excluding carboxylic acids is 1. The van der Waals surface area contributed by atoms with E-state index in [4.69, 9.17) is 11.6 Å². The first kappa shape index (κ1) is 16.0. The largest absolute Gasteiger partial charge is 0.350 e. The Hall–Kier alpha value is -3.24. The van der Waals surface area contributed by atoms with Crippen molar-refractivity contribution in [1.82, 2.24) is 5.01 Å². The third-order valence-corrected chi connectivity index (χ3v) is 5.15. The molecule has 0 aromatic heterocycles. The molecule has 1 atom stereocenters. The topological polar surface area (TPSA) is 26.8 Å². The molecule has 0 N–H and O–H groups in total. The zero-order chi connectivity index (χ0) is 18.4. The number of anilines is 2. The Kier molecular flexibility index (Phi) is 3.66. The first-order chi connectivity index (χ1) is 13.2. The normalized spacial score (nSPS) is 17.9. The van der Waals surface area contributed by atoms with Gasteiger partial charge in [-0.1, -0.05) is 54.1 Å². The minimum Gasteiger partial charge on any atom is -0.265 e. The van der Waals surface area contributed by atoms with E-state index in [-0.39, 0.29) is 12.2 Å². The van der Waals surface area contributed by atoms with E-state index in [2.05, 4.69) is 12.1 Å². The lowest BCUT2D eigenvalue weighted by molar-refractivity contribution is 0.251. The zero-order valence-electron chi connectivity index (χ0n) is 14.4. The van der Waals surface area contributed by atoms with Crippen molar-refractivity contribution in [3.8, 4) is 0 Å². The monoisotopic (exact) mass is 373 g/mol. The summed E-state index contributed by atoms with van der Waals surface area (Å²) in [7, 11) is 0. The van der Waals surface area contributed by atoms with E-state index in [9.17, 15) is 4.79 Å². The van der Waals surface area contributed by atoms with Crippen LogP contribution in [0.1, 0.15) is 17.3 Å². The average Bonchev–Trinajstić information content (AvgIpc) is 3.02. The molecule has 3 aromatic carbocycles. The fourth-order valence-corrected chi connectivity index (χ4v) is 3.81. The molecule has 0 spiro atoms. The van der Waals surface area contributed by atoms with Crippen molar-refractivity contribution in [1.29, 1.82) is 0 Å². The van der Waals surface area contributed by atoms with Gasteiger partial charge in [0.1, 0.15) is 0 Å². The van der Waals surface area contributed by atoms with Crippen molar-refractivity contribution >= 4 is 35.1 Å². The van der Waals surface area contributed by atoms with E-state index in [1.807, 2.05) is 76.8 Å². The molecule has 4 nitrogen and oxygen atoms in total. The van der Waals surface area contributed by atoms with Crippen LogP contribution in [0.4, 0.5) is 16.2 Å². The zero-order valence-corrected chi connectivity index (χ0v) is 15.1. The van der Waals surface area contributed by atoms with Gasteiger partial charge in [0.25, 0.3) is 0 Å². The molecule has 2 aliphatic heterocycles. The Morgan fingerprint density at radius 1 is 0.778 bits per heavy atom. The van der Waals surface area contributed by atoms with Crippen molar-refractivity contribution in [2.45, 2.75) is 6.17 Å². The Morgan fingerprint density at radius 3 is 2.26 bits per heavy atom. The summed E-state index contributed by atoms with van der Waals surface area (Å²) in [5, 5.41) is 4.31. The van der Waals surface area contributed by atoms with Gasteiger partial charge in [-0.15, -0.1) is 0 Å². The number of halogens is 1. The molecule has 0 radical (unpaired) electrons. The molecular weight excluding hydrogens is 358 g/mol. The predicted molar refractivity (Wildman–Crippen MR) is 108 cm³/mol. The molecule has 5 heteroatoms. The van der Waals surface area contributed by atoms with Gasteiger partial charge < -0.3 is 0 Å². The summed E-state index contributed by atoms with van der Waals surface area (Å²) >= 11 is 6.04. The molecule has 0 aliphatic carbocycles. The van der Waals surface area contributed by atoms with E-state index < -0.39 is 0 Å². The van der Waals surface area contributed by atoms with Crippen LogP contribution in [0.15, 0.2) is 85.1 Å². The first-order valence-corrected chi connectivity index (χ1v) is 9.11. The molecular formula is C22H16ClN3O. The van der Waals surface area contributed by atoms with Gasteiger partial charge in [0.05, 0.1) is 5.69 Å².